The van der Waals surface area contributed by atoms with Gasteiger partial charge < -0.3 is 20.1 Å². The maximum Gasteiger partial charge on any atom is 0.0704 e. The van der Waals surface area contributed by atoms with Gasteiger partial charge in [0.2, 0.25) is 0 Å². The van der Waals surface area contributed by atoms with E-state index in [4.69, 9.17) is 15.2 Å². The second kappa shape index (κ2) is 9.08. The van der Waals surface area contributed by atoms with E-state index in [0.29, 0.717) is 32.5 Å². The van der Waals surface area contributed by atoms with Gasteiger partial charge in [0.15, 0.2) is 0 Å². The number of nitrogens with two attached hydrogens (primary N) is 1. The van der Waals surface area contributed by atoms with Crippen molar-refractivity contribution < 1.29 is 9.47 Å². The fourth-order valence-corrected chi connectivity index (χ4v) is 3.24. The predicted octanol–water partition coefficient (Wildman–Crippen LogP) is 1.78. The highest BCUT2D eigenvalue weighted by Gasteiger charge is 2.21. The summed E-state index contributed by atoms with van der Waals surface area (Å²) in [5.41, 5.74) is 5.36. The summed E-state index contributed by atoms with van der Waals surface area (Å²) in [6.45, 7) is 13.6. The molecule has 114 valence electrons. The van der Waals surface area contributed by atoms with E-state index in [-0.39, 0.29) is 0 Å². The van der Waals surface area contributed by atoms with Gasteiger partial charge in [0, 0.05) is 27.7 Å². The van der Waals surface area contributed by atoms with Crippen molar-refractivity contribution in [2.24, 2.45) is 5.73 Å². The van der Waals surface area contributed by atoms with Crippen LogP contribution in [0.1, 0.15) is 12.8 Å². The Hall–Kier alpha value is 0.0569. The fraction of sp³-hybridized carbons (Fsp3) is 1.00. The summed E-state index contributed by atoms with van der Waals surface area (Å²) in [7, 11) is -0.892. The third-order valence-electron chi connectivity index (χ3n) is 3.56. The van der Waals surface area contributed by atoms with Gasteiger partial charge in [0.1, 0.15) is 0 Å². The van der Waals surface area contributed by atoms with Crippen molar-refractivity contribution in [3.63, 3.8) is 0 Å². The van der Waals surface area contributed by atoms with Gasteiger partial charge in [0.25, 0.3) is 0 Å². The Labute approximate surface area is 119 Å². The Bertz CT molecular complexity index is 226. The van der Waals surface area contributed by atoms with Gasteiger partial charge in [-0.15, -0.1) is 0 Å². The van der Waals surface area contributed by atoms with Gasteiger partial charge in [-0.05, 0) is 25.4 Å². The number of hydrogen-bond donors (Lipinski definition) is 1. The van der Waals surface area contributed by atoms with Crippen LogP contribution in [0, 0.1) is 0 Å². The SMILES string of the molecule is C[Si](C)(C)CCN1CCC(OCCOCCN)CC1. The summed E-state index contributed by atoms with van der Waals surface area (Å²) in [4.78, 5) is 2.60. The maximum absolute atomic E-state index is 5.84. The van der Waals surface area contributed by atoms with E-state index in [0.717, 1.165) is 0 Å². The van der Waals surface area contributed by atoms with Crippen molar-refractivity contribution in [3.05, 3.63) is 0 Å². The van der Waals surface area contributed by atoms with Crippen molar-refractivity contribution in [2.75, 3.05) is 46.0 Å². The van der Waals surface area contributed by atoms with Crippen molar-refractivity contribution >= 4 is 8.07 Å². The maximum atomic E-state index is 5.84. The number of ether oxygens (including phenoxy) is 2. The molecule has 0 radical (unpaired) electrons. The molecule has 0 saturated carbocycles. The van der Waals surface area contributed by atoms with Gasteiger partial charge >= 0.3 is 0 Å². The van der Waals surface area contributed by atoms with Crippen LogP contribution in [0.5, 0.6) is 0 Å². The topological polar surface area (TPSA) is 47.7 Å². The van der Waals surface area contributed by atoms with Crippen LogP contribution in [0.3, 0.4) is 0 Å². The van der Waals surface area contributed by atoms with Gasteiger partial charge in [0.05, 0.1) is 25.9 Å². The molecule has 1 aliphatic heterocycles. The zero-order valence-electron chi connectivity index (χ0n) is 13.0. The van der Waals surface area contributed by atoms with E-state index < -0.39 is 8.07 Å². The lowest BCUT2D eigenvalue weighted by molar-refractivity contribution is -0.0206. The van der Waals surface area contributed by atoms with Crippen LogP contribution >= 0.6 is 0 Å². The first-order valence-electron chi connectivity index (χ1n) is 7.63. The average molecular weight is 289 g/mol. The smallest absolute Gasteiger partial charge is 0.0704 e. The van der Waals surface area contributed by atoms with Crippen LogP contribution in [0.15, 0.2) is 0 Å². The van der Waals surface area contributed by atoms with Crippen molar-refractivity contribution in [1.29, 1.82) is 0 Å². The Balaban J connectivity index is 2.02. The molecule has 1 saturated heterocycles. The minimum atomic E-state index is -0.892. The van der Waals surface area contributed by atoms with Gasteiger partial charge in [-0.3, -0.25) is 0 Å². The molecule has 5 heteroatoms. The molecule has 0 bridgehead atoms. The molecule has 1 aliphatic rings. The quantitative estimate of drug-likeness (QED) is 0.519. The number of nitrogens with zero attached hydrogens (tertiary/aromatic N) is 1. The summed E-state index contributed by atoms with van der Waals surface area (Å²) < 4.78 is 11.2. The molecule has 1 rings (SSSR count). The van der Waals surface area contributed by atoms with E-state index in [1.54, 1.807) is 0 Å². The molecule has 2 N–H and O–H groups in total. The van der Waals surface area contributed by atoms with E-state index >= 15 is 0 Å². The van der Waals surface area contributed by atoms with E-state index in [1.807, 2.05) is 0 Å². The summed E-state index contributed by atoms with van der Waals surface area (Å²) in [5, 5.41) is 0. The van der Waals surface area contributed by atoms with Gasteiger partial charge in [-0.1, -0.05) is 19.6 Å². The third-order valence-corrected chi connectivity index (χ3v) is 5.28. The first-order chi connectivity index (χ1) is 9.01. The van der Waals surface area contributed by atoms with Crippen molar-refractivity contribution in [2.45, 2.75) is 44.6 Å². The molecule has 19 heavy (non-hydrogen) atoms. The molecule has 1 fully saturated rings. The van der Waals surface area contributed by atoms with Crippen LogP contribution < -0.4 is 5.73 Å². The molecule has 0 atom stereocenters. The molecule has 0 spiro atoms. The second-order valence-corrected chi connectivity index (χ2v) is 12.2. The molecule has 0 aromatic rings. The monoisotopic (exact) mass is 288 g/mol. The molecule has 0 amide bonds. The van der Waals surface area contributed by atoms with Crippen LogP contribution in [-0.2, 0) is 9.47 Å². The average Bonchev–Trinajstić information content (AvgIpc) is 2.37. The second-order valence-electron chi connectivity index (χ2n) is 6.62. The van der Waals surface area contributed by atoms with E-state index in [1.165, 1.54) is 38.5 Å². The van der Waals surface area contributed by atoms with Crippen LogP contribution in [-0.4, -0.2) is 65.1 Å². The highest BCUT2D eigenvalue weighted by molar-refractivity contribution is 6.76. The number of likely N-dealkylation sites (tertiary alicyclic amines) is 1. The zero-order valence-corrected chi connectivity index (χ0v) is 14.0. The molecule has 1 heterocycles. The number of piperidine rings is 1. The molecular weight excluding hydrogens is 256 g/mol. The normalized spacial score (nSPS) is 18.9. The molecule has 0 aromatic heterocycles. The Morgan fingerprint density at radius 2 is 1.79 bits per heavy atom. The molecular formula is C14H32N2O2Si. The Morgan fingerprint density at radius 1 is 1.11 bits per heavy atom. The molecule has 0 unspecified atom stereocenters. The van der Waals surface area contributed by atoms with Crippen molar-refractivity contribution in [3.8, 4) is 0 Å². The van der Waals surface area contributed by atoms with Crippen molar-refractivity contribution in [1.82, 2.24) is 4.90 Å². The van der Waals surface area contributed by atoms with Gasteiger partial charge in [-0.2, -0.15) is 0 Å². The summed E-state index contributed by atoms with van der Waals surface area (Å²) in [6, 6.07) is 1.41. The highest BCUT2D eigenvalue weighted by atomic mass is 28.3. The summed E-state index contributed by atoms with van der Waals surface area (Å²) in [5.74, 6) is 0. The molecule has 0 aromatic carbocycles. The summed E-state index contributed by atoms with van der Waals surface area (Å²) in [6.07, 6.45) is 2.77. The first-order valence-corrected chi connectivity index (χ1v) is 11.3. The van der Waals surface area contributed by atoms with Crippen LogP contribution in [0.4, 0.5) is 0 Å². The fourth-order valence-electron chi connectivity index (χ4n) is 2.25. The van der Waals surface area contributed by atoms with E-state index in [9.17, 15) is 0 Å². The summed E-state index contributed by atoms with van der Waals surface area (Å²) >= 11 is 0. The van der Waals surface area contributed by atoms with Gasteiger partial charge in [-0.25, -0.2) is 0 Å². The Morgan fingerprint density at radius 3 is 2.37 bits per heavy atom. The lowest BCUT2D eigenvalue weighted by Crippen LogP contribution is -2.39. The lowest BCUT2D eigenvalue weighted by Gasteiger charge is -2.33. The standard InChI is InChI=1S/C14H32N2O2Si/c1-19(2,3)13-9-16-7-4-14(5-8-16)18-12-11-17-10-6-15/h14H,4-13,15H2,1-3H3. The number of hydrogen-bond acceptors (Lipinski definition) is 4. The lowest BCUT2D eigenvalue weighted by atomic mass is 10.1. The zero-order chi connectivity index (χ0) is 14.1. The van der Waals surface area contributed by atoms with Crippen LogP contribution in [0.25, 0.3) is 0 Å². The minimum absolute atomic E-state index is 0.435. The van der Waals surface area contributed by atoms with Crippen LogP contribution in [0.2, 0.25) is 25.7 Å². The predicted molar refractivity (Wildman–Crippen MR) is 83.4 cm³/mol. The Kier molecular flexibility index (Phi) is 8.17. The molecule has 4 nitrogen and oxygen atoms in total. The first kappa shape index (κ1) is 17.1. The molecule has 0 aliphatic carbocycles. The largest absolute Gasteiger partial charge is 0.378 e. The highest BCUT2D eigenvalue weighted by Crippen LogP contribution is 2.16. The van der Waals surface area contributed by atoms with E-state index in [2.05, 4.69) is 24.5 Å². The minimum Gasteiger partial charge on any atom is -0.378 e. The number of rotatable bonds is 9. The third kappa shape index (κ3) is 8.76.